The van der Waals surface area contributed by atoms with Crippen LogP contribution in [0.3, 0.4) is 0 Å². The standard InChI is InChI=1S/C25H34N6O3S/c1-19(2)9-10-26-25(33)24(22-8-5-17-35-22)30(12-11-29-13-15-34-16-14-29)23(32)18-31-21-7-4-3-6-20(21)27-28-31/h3-8,17,19,24H,9-16,18H2,1-2H3,(H,26,33)/t24-/m1/s1. The van der Waals surface area contributed by atoms with Gasteiger partial charge in [-0.15, -0.1) is 16.4 Å². The zero-order valence-electron chi connectivity index (χ0n) is 20.4. The maximum atomic E-state index is 13.8. The van der Waals surface area contributed by atoms with Gasteiger partial charge in [-0.3, -0.25) is 14.5 Å². The van der Waals surface area contributed by atoms with Crippen molar-refractivity contribution in [3.63, 3.8) is 0 Å². The summed E-state index contributed by atoms with van der Waals surface area (Å²) in [6, 6.07) is 10.7. The Hall–Kier alpha value is -2.82. The van der Waals surface area contributed by atoms with Gasteiger partial charge < -0.3 is 15.0 Å². The van der Waals surface area contributed by atoms with Crippen LogP contribution >= 0.6 is 11.3 Å². The lowest BCUT2D eigenvalue weighted by Crippen LogP contribution is -2.49. The number of thiophene rings is 1. The molecule has 1 fully saturated rings. The highest BCUT2D eigenvalue weighted by Crippen LogP contribution is 2.26. The number of para-hydroxylation sites is 1. The van der Waals surface area contributed by atoms with Crippen molar-refractivity contribution in [3.8, 4) is 0 Å². The van der Waals surface area contributed by atoms with E-state index in [1.807, 2.05) is 41.8 Å². The molecular weight excluding hydrogens is 464 g/mol. The van der Waals surface area contributed by atoms with Gasteiger partial charge in [-0.1, -0.05) is 37.3 Å². The number of nitrogens with zero attached hydrogens (tertiary/aromatic N) is 5. The van der Waals surface area contributed by atoms with Crippen LogP contribution in [-0.4, -0.2) is 82.5 Å². The molecule has 10 heteroatoms. The highest BCUT2D eigenvalue weighted by molar-refractivity contribution is 7.10. The second kappa shape index (κ2) is 12.2. The maximum absolute atomic E-state index is 13.8. The van der Waals surface area contributed by atoms with Gasteiger partial charge in [0.25, 0.3) is 0 Å². The summed E-state index contributed by atoms with van der Waals surface area (Å²) < 4.78 is 7.08. The first-order valence-electron chi connectivity index (χ1n) is 12.2. The number of benzene rings is 1. The first-order chi connectivity index (χ1) is 17.0. The van der Waals surface area contributed by atoms with E-state index >= 15 is 0 Å². The van der Waals surface area contributed by atoms with Crippen molar-refractivity contribution in [2.24, 2.45) is 5.92 Å². The lowest BCUT2D eigenvalue weighted by molar-refractivity contribution is -0.141. The number of fused-ring (bicyclic) bond motifs is 1. The quantitative estimate of drug-likeness (QED) is 0.437. The number of carbonyl (C=O) groups excluding carboxylic acids is 2. The number of rotatable bonds is 11. The molecule has 1 aliphatic rings. The van der Waals surface area contributed by atoms with Crippen LogP contribution < -0.4 is 5.32 Å². The van der Waals surface area contributed by atoms with Crippen molar-refractivity contribution in [1.29, 1.82) is 0 Å². The maximum Gasteiger partial charge on any atom is 0.248 e. The summed E-state index contributed by atoms with van der Waals surface area (Å²) in [5.74, 6) is 0.174. The molecule has 3 heterocycles. The Morgan fingerprint density at radius 2 is 1.97 bits per heavy atom. The summed E-state index contributed by atoms with van der Waals surface area (Å²) in [5, 5.41) is 13.4. The largest absolute Gasteiger partial charge is 0.379 e. The van der Waals surface area contributed by atoms with Crippen LogP contribution in [0, 0.1) is 5.92 Å². The van der Waals surface area contributed by atoms with Crippen molar-refractivity contribution in [3.05, 3.63) is 46.7 Å². The van der Waals surface area contributed by atoms with Crippen LogP contribution in [0.25, 0.3) is 11.0 Å². The average Bonchev–Trinajstić information content (AvgIpc) is 3.52. The zero-order chi connectivity index (χ0) is 24.6. The predicted octanol–water partition coefficient (Wildman–Crippen LogP) is 2.56. The molecule has 9 nitrogen and oxygen atoms in total. The van der Waals surface area contributed by atoms with Crippen molar-refractivity contribution >= 4 is 34.2 Å². The van der Waals surface area contributed by atoms with Gasteiger partial charge in [0.05, 0.1) is 18.7 Å². The topological polar surface area (TPSA) is 92.6 Å². The summed E-state index contributed by atoms with van der Waals surface area (Å²) in [4.78, 5) is 32.1. The molecule has 0 saturated carbocycles. The Labute approximate surface area is 210 Å². The summed E-state index contributed by atoms with van der Waals surface area (Å²) in [6.45, 7) is 8.97. The van der Waals surface area contributed by atoms with E-state index in [9.17, 15) is 9.59 Å². The Kier molecular flexibility index (Phi) is 8.84. The number of nitrogens with one attached hydrogen (secondary N) is 1. The minimum atomic E-state index is -0.689. The molecule has 2 aromatic heterocycles. The number of carbonyl (C=O) groups is 2. The third-order valence-corrected chi connectivity index (χ3v) is 7.10. The van der Waals surface area contributed by atoms with Crippen molar-refractivity contribution in [2.75, 3.05) is 45.9 Å². The van der Waals surface area contributed by atoms with E-state index in [1.165, 1.54) is 11.3 Å². The SMILES string of the molecule is CC(C)CCNC(=O)[C@@H](c1cccs1)N(CCN1CCOCC1)C(=O)Cn1nnc2ccccc21. The molecule has 0 bridgehead atoms. The van der Waals surface area contributed by atoms with Gasteiger partial charge >= 0.3 is 0 Å². The molecule has 3 aromatic rings. The summed E-state index contributed by atoms with van der Waals surface area (Å²) in [5.41, 5.74) is 1.53. The lowest BCUT2D eigenvalue weighted by Gasteiger charge is -2.34. The number of hydrogen-bond acceptors (Lipinski definition) is 7. The van der Waals surface area contributed by atoms with Crippen LogP contribution in [0.15, 0.2) is 41.8 Å². The molecule has 0 spiro atoms. The van der Waals surface area contributed by atoms with E-state index in [0.29, 0.717) is 38.8 Å². The van der Waals surface area contributed by atoms with Gasteiger partial charge in [0.1, 0.15) is 18.1 Å². The molecule has 0 unspecified atom stereocenters. The molecule has 0 aliphatic carbocycles. The smallest absolute Gasteiger partial charge is 0.248 e. The van der Waals surface area contributed by atoms with E-state index in [2.05, 4.69) is 34.4 Å². The molecule has 1 N–H and O–H groups in total. The predicted molar refractivity (Wildman–Crippen MR) is 136 cm³/mol. The van der Waals surface area contributed by atoms with Gasteiger partial charge in [-0.2, -0.15) is 0 Å². The van der Waals surface area contributed by atoms with Crippen LogP contribution in [0.2, 0.25) is 0 Å². The van der Waals surface area contributed by atoms with Gasteiger partial charge in [0, 0.05) is 37.6 Å². The van der Waals surface area contributed by atoms with Gasteiger partial charge in [-0.05, 0) is 35.9 Å². The molecule has 1 saturated heterocycles. The number of aromatic nitrogens is 3. The Balaban J connectivity index is 1.58. The van der Waals surface area contributed by atoms with Gasteiger partial charge in [-0.25, -0.2) is 4.68 Å². The molecule has 2 amide bonds. The highest BCUT2D eigenvalue weighted by Gasteiger charge is 2.33. The van der Waals surface area contributed by atoms with Crippen LogP contribution in [-0.2, 0) is 20.9 Å². The molecular formula is C25H34N6O3S. The van der Waals surface area contributed by atoms with Gasteiger partial charge in [0.2, 0.25) is 11.8 Å². The number of ether oxygens (including phenoxy) is 1. The number of amides is 2. The molecule has 1 aliphatic heterocycles. The molecule has 1 atom stereocenters. The van der Waals surface area contributed by atoms with E-state index in [4.69, 9.17) is 4.74 Å². The van der Waals surface area contributed by atoms with Crippen LogP contribution in [0.5, 0.6) is 0 Å². The van der Waals surface area contributed by atoms with E-state index in [-0.39, 0.29) is 18.4 Å². The minimum Gasteiger partial charge on any atom is -0.379 e. The fraction of sp³-hybridized carbons (Fsp3) is 0.520. The minimum absolute atomic E-state index is 0.0186. The Bertz CT molecular complexity index is 1090. The van der Waals surface area contributed by atoms with Crippen molar-refractivity contribution in [1.82, 2.24) is 30.1 Å². The van der Waals surface area contributed by atoms with Crippen molar-refractivity contribution < 1.29 is 14.3 Å². The van der Waals surface area contributed by atoms with Gasteiger partial charge in [0.15, 0.2) is 0 Å². The number of morpholine rings is 1. The zero-order valence-corrected chi connectivity index (χ0v) is 21.2. The lowest BCUT2D eigenvalue weighted by atomic mass is 10.1. The number of hydrogen-bond donors (Lipinski definition) is 1. The fourth-order valence-electron chi connectivity index (χ4n) is 4.18. The normalized spacial score (nSPS) is 15.4. The van der Waals surface area contributed by atoms with E-state index < -0.39 is 6.04 Å². The monoisotopic (exact) mass is 498 g/mol. The Morgan fingerprint density at radius 1 is 1.17 bits per heavy atom. The average molecular weight is 499 g/mol. The van der Waals surface area contributed by atoms with E-state index in [0.717, 1.165) is 35.4 Å². The van der Waals surface area contributed by atoms with Crippen LogP contribution in [0.4, 0.5) is 0 Å². The second-order valence-electron chi connectivity index (χ2n) is 9.17. The fourth-order valence-corrected chi connectivity index (χ4v) is 5.01. The molecule has 1 aromatic carbocycles. The summed E-state index contributed by atoms with van der Waals surface area (Å²) in [6.07, 6.45) is 0.884. The summed E-state index contributed by atoms with van der Waals surface area (Å²) in [7, 11) is 0. The highest BCUT2D eigenvalue weighted by atomic mass is 32.1. The first kappa shape index (κ1) is 25.3. The first-order valence-corrected chi connectivity index (χ1v) is 13.1. The Morgan fingerprint density at radius 3 is 2.71 bits per heavy atom. The second-order valence-corrected chi connectivity index (χ2v) is 10.1. The van der Waals surface area contributed by atoms with Crippen molar-refractivity contribution in [2.45, 2.75) is 32.9 Å². The molecule has 188 valence electrons. The summed E-state index contributed by atoms with van der Waals surface area (Å²) >= 11 is 1.49. The molecule has 0 radical (unpaired) electrons. The third kappa shape index (κ3) is 6.65. The molecule has 4 rings (SSSR count). The molecule has 35 heavy (non-hydrogen) atoms. The third-order valence-electron chi connectivity index (χ3n) is 6.18. The van der Waals surface area contributed by atoms with Crippen LogP contribution in [0.1, 0.15) is 31.2 Å². The van der Waals surface area contributed by atoms with E-state index in [1.54, 1.807) is 9.58 Å².